The van der Waals surface area contributed by atoms with Gasteiger partial charge in [-0.05, 0) is 31.5 Å². The van der Waals surface area contributed by atoms with Gasteiger partial charge in [0.1, 0.15) is 5.82 Å². The van der Waals surface area contributed by atoms with E-state index >= 15 is 0 Å². The van der Waals surface area contributed by atoms with Crippen LogP contribution in [0.4, 0.5) is 17.5 Å². The average molecular weight is 347 g/mol. The largest absolute Gasteiger partial charge is 0.354 e. The van der Waals surface area contributed by atoms with E-state index in [-0.39, 0.29) is 0 Å². The first-order valence-corrected chi connectivity index (χ1v) is 7.45. The fourth-order valence-corrected chi connectivity index (χ4v) is 2.35. The second-order valence-corrected chi connectivity index (χ2v) is 5.50. The fourth-order valence-electron chi connectivity index (χ4n) is 1.97. The van der Waals surface area contributed by atoms with E-state index < -0.39 is 0 Å². The van der Waals surface area contributed by atoms with Crippen molar-refractivity contribution in [3.8, 4) is 0 Å². The van der Waals surface area contributed by atoms with Gasteiger partial charge in [0.15, 0.2) is 5.65 Å². The Kier molecular flexibility index (Phi) is 3.74. The van der Waals surface area contributed by atoms with Crippen LogP contribution in [0.5, 0.6) is 0 Å². The molecule has 0 radical (unpaired) electrons. The standard InChI is InChI=1S/C14H15BrN6/c1-3-16-14-19-12(10-7-17-21-13(10)20-14)18-9-5-4-8(2)11(15)6-9/h4-7H,3H2,1-2H3,(H3,16,17,18,19,20,21). The van der Waals surface area contributed by atoms with E-state index in [1.165, 1.54) is 5.56 Å². The highest BCUT2D eigenvalue weighted by Crippen LogP contribution is 2.26. The molecule has 0 unspecified atom stereocenters. The highest BCUT2D eigenvalue weighted by molar-refractivity contribution is 9.10. The Hall–Kier alpha value is -2.15. The summed E-state index contributed by atoms with van der Waals surface area (Å²) in [6.45, 7) is 4.82. The first-order chi connectivity index (χ1) is 10.2. The summed E-state index contributed by atoms with van der Waals surface area (Å²) < 4.78 is 1.05. The van der Waals surface area contributed by atoms with Gasteiger partial charge in [0.05, 0.1) is 11.6 Å². The number of nitrogens with zero attached hydrogens (tertiary/aromatic N) is 3. The van der Waals surface area contributed by atoms with Crippen LogP contribution in [0.1, 0.15) is 12.5 Å². The van der Waals surface area contributed by atoms with Gasteiger partial charge in [-0.25, -0.2) is 0 Å². The summed E-state index contributed by atoms with van der Waals surface area (Å²) in [5.74, 6) is 1.29. The van der Waals surface area contributed by atoms with Crippen molar-refractivity contribution in [3.05, 3.63) is 34.4 Å². The molecule has 0 amide bonds. The summed E-state index contributed by atoms with van der Waals surface area (Å²) in [7, 11) is 0. The second-order valence-electron chi connectivity index (χ2n) is 4.65. The Morgan fingerprint density at radius 2 is 2.14 bits per heavy atom. The zero-order valence-electron chi connectivity index (χ0n) is 11.7. The average Bonchev–Trinajstić information content (AvgIpc) is 2.92. The van der Waals surface area contributed by atoms with Crippen LogP contribution in [-0.4, -0.2) is 26.7 Å². The number of aryl methyl sites for hydroxylation is 1. The topological polar surface area (TPSA) is 78.5 Å². The number of fused-ring (bicyclic) bond motifs is 1. The number of aromatic nitrogens is 4. The van der Waals surface area contributed by atoms with Gasteiger partial charge in [-0.15, -0.1) is 0 Å². The lowest BCUT2D eigenvalue weighted by atomic mass is 10.2. The number of nitrogens with one attached hydrogen (secondary N) is 3. The van der Waals surface area contributed by atoms with Gasteiger partial charge in [-0.1, -0.05) is 22.0 Å². The molecule has 108 valence electrons. The van der Waals surface area contributed by atoms with Gasteiger partial charge in [0.25, 0.3) is 0 Å². The molecule has 3 N–H and O–H groups in total. The Bertz CT molecular complexity index is 782. The third-order valence-electron chi connectivity index (χ3n) is 3.08. The molecule has 21 heavy (non-hydrogen) atoms. The fraction of sp³-hybridized carbons (Fsp3) is 0.214. The predicted octanol–water partition coefficient (Wildman–Crippen LogP) is 3.60. The number of aromatic amines is 1. The Labute approximate surface area is 130 Å². The quantitative estimate of drug-likeness (QED) is 0.672. The smallest absolute Gasteiger partial charge is 0.226 e. The van der Waals surface area contributed by atoms with Crippen molar-refractivity contribution in [2.24, 2.45) is 0 Å². The molecular weight excluding hydrogens is 332 g/mol. The molecule has 2 aromatic heterocycles. The summed E-state index contributed by atoms with van der Waals surface area (Å²) in [4.78, 5) is 8.87. The molecule has 0 bridgehead atoms. The van der Waals surface area contributed by atoms with Crippen molar-refractivity contribution in [2.75, 3.05) is 17.2 Å². The molecule has 0 aliphatic heterocycles. The molecule has 0 aliphatic carbocycles. The van der Waals surface area contributed by atoms with Crippen LogP contribution in [0.3, 0.4) is 0 Å². The van der Waals surface area contributed by atoms with Crippen LogP contribution < -0.4 is 10.6 Å². The molecule has 1 aromatic carbocycles. The van der Waals surface area contributed by atoms with E-state index in [0.29, 0.717) is 11.6 Å². The number of hydrogen-bond acceptors (Lipinski definition) is 5. The minimum Gasteiger partial charge on any atom is -0.354 e. The molecule has 0 atom stereocenters. The number of hydrogen-bond donors (Lipinski definition) is 3. The number of anilines is 3. The van der Waals surface area contributed by atoms with Gasteiger partial charge >= 0.3 is 0 Å². The van der Waals surface area contributed by atoms with E-state index in [4.69, 9.17) is 0 Å². The molecule has 3 aromatic rings. The molecule has 6 nitrogen and oxygen atoms in total. The second kappa shape index (κ2) is 5.69. The lowest BCUT2D eigenvalue weighted by Gasteiger charge is -2.10. The lowest BCUT2D eigenvalue weighted by molar-refractivity contribution is 1.07. The zero-order valence-corrected chi connectivity index (χ0v) is 13.3. The molecule has 0 saturated carbocycles. The monoisotopic (exact) mass is 346 g/mol. The van der Waals surface area contributed by atoms with E-state index in [1.54, 1.807) is 6.20 Å². The molecule has 0 fully saturated rings. The van der Waals surface area contributed by atoms with Crippen molar-refractivity contribution >= 4 is 44.4 Å². The number of rotatable bonds is 4. The van der Waals surface area contributed by atoms with Gasteiger partial charge in [-0.2, -0.15) is 15.1 Å². The lowest BCUT2D eigenvalue weighted by Crippen LogP contribution is -2.04. The highest BCUT2D eigenvalue weighted by Gasteiger charge is 2.10. The summed E-state index contributed by atoms with van der Waals surface area (Å²) >= 11 is 3.54. The van der Waals surface area contributed by atoms with Crippen LogP contribution >= 0.6 is 15.9 Å². The SMILES string of the molecule is CCNc1nc(Nc2ccc(C)c(Br)c2)c2cn[nH]c2n1. The van der Waals surface area contributed by atoms with Crippen LogP contribution in [0.25, 0.3) is 11.0 Å². The predicted molar refractivity (Wildman–Crippen MR) is 88.0 cm³/mol. The van der Waals surface area contributed by atoms with E-state index in [0.717, 1.165) is 27.9 Å². The summed E-state index contributed by atoms with van der Waals surface area (Å²) in [5.41, 5.74) is 2.84. The van der Waals surface area contributed by atoms with Crippen molar-refractivity contribution < 1.29 is 0 Å². The van der Waals surface area contributed by atoms with Gasteiger partial charge < -0.3 is 10.6 Å². The number of H-pyrrole nitrogens is 1. The van der Waals surface area contributed by atoms with Crippen molar-refractivity contribution in [2.45, 2.75) is 13.8 Å². The normalized spacial score (nSPS) is 10.8. The maximum Gasteiger partial charge on any atom is 0.226 e. The van der Waals surface area contributed by atoms with Crippen LogP contribution in [0, 0.1) is 6.92 Å². The first kappa shape index (κ1) is 13.8. The maximum atomic E-state index is 4.50. The minimum atomic E-state index is 0.572. The molecule has 0 spiro atoms. The van der Waals surface area contributed by atoms with Crippen molar-refractivity contribution in [1.82, 2.24) is 20.2 Å². The number of benzene rings is 1. The van der Waals surface area contributed by atoms with Gasteiger partial charge in [0, 0.05) is 16.7 Å². The summed E-state index contributed by atoms with van der Waals surface area (Å²) in [5, 5.41) is 14.2. The maximum absolute atomic E-state index is 4.50. The molecule has 0 saturated heterocycles. The molecule has 0 aliphatic rings. The third-order valence-corrected chi connectivity index (χ3v) is 3.93. The van der Waals surface area contributed by atoms with Crippen LogP contribution in [0.15, 0.2) is 28.9 Å². The highest BCUT2D eigenvalue weighted by atomic mass is 79.9. The minimum absolute atomic E-state index is 0.572. The van der Waals surface area contributed by atoms with Crippen LogP contribution in [0.2, 0.25) is 0 Å². The van der Waals surface area contributed by atoms with Crippen molar-refractivity contribution in [1.29, 1.82) is 0 Å². The van der Waals surface area contributed by atoms with E-state index in [1.807, 2.05) is 25.1 Å². The Morgan fingerprint density at radius 1 is 1.29 bits per heavy atom. The van der Waals surface area contributed by atoms with Gasteiger partial charge in [-0.3, -0.25) is 5.10 Å². The van der Waals surface area contributed by atoms with Gasteiger partial charge in [0.2, 0.25) is 5.95 Å². The van der Waals surface area contributed by atoms with E-state index in [2.05, 4.69) is 53.7 Å². The van der Waals surface area contributed by atoms with E-state index in [9.17, 15) is 0 Å². The number of halogens is 1. The molecule has 7 heteroatoms. The molecule has 2 heterocycles. The van der Waals surface area contributed by atoms with Crippen LogP contribution in [-0.2, 0) is 0 Å². The first-order valence-electron chi connectivity index (χ1n) is 6.65. The Morgan fingerprint density at radius 3 is 2.90 bits per heavy atom. The summed E-state index contributed by atoms with van der Waals surface area (Å²) in [6.07, 6.45) is 1.72. The summed E-state index contributed by atoms with van der Waals surface area (Å²) in [6, 6.07) is 6.09. The van der Waals surface area contributed by atoms with Crippen molar-refractivity contribution in [3.63, 3.8) is 0 Å². The molecular formula is C14H15BrN6. The molecule has 3 rings (SSSR count). The third kappa shape index (κ3) is 2.82. The zero-order chi connectivity index (χ0) is 14.8. The Balaban J connectivity index is 2.01.